The van der Waals surface area contributed by atoms with E-state index in [0.717, 1.165) is 32.4 Å². The first-order valence-electron chi connectivity index (χ1n) is 6.56. The highest BCUT2D eigenvalue weighted by Crippen LogP contribution is 2.29. The molecule has 1 aromatic carbocycles. The fourth-order valence-corrected chi connectivity index (χ4v) is 2.52. The summed E-state index contributed by atoms with van der Waals surface area (Å²) in [6, 6.07) is 2.45. The predicted octanol–water partition coefficient (Wildman–Crippen LogP) is 2.73. The van der Waals surface area contributed by atoms with Crippen LogP contribution in [0, 0.1) is 11.7 Å². The molecular formula is C14H19FN2O2. The minimum atomic E-state index is -1.29. The van der Waals surface area contributed by atoms with E-state index in [9.17, 15) is 9.18 Å². The molecule has 1 aliphatic heterocycles. The van der Waals surface area contributed by atoms with E-state index in [4.69, 9.17) is 10.8 Å². The molecule has 1 unspecified atom stereocenters. The minimum Gasteiger partial charge on any atom is -0.478 e. The fraction of sp³-hybridized carbons (Fsp3) is 0.500. The highest BCUT2D eigenvalue weighted by atomic mass is 19.1. The maximum Gasteiger partial charge on any atom is 0.338 e. The van der Waals surface area contributed by atoms with Gasteiger partial charge in [0.1, 0.15) is 5.82 Å². The monoisotopic (exact) mass is 266 g/mol. The van der Waals surface area contributed by atoms with Crippen molar-refractivity contribution in [1.29, 1.82) is 0 Å². The van der Waals surface area contributed by atoms with Crippen LogP contribution in [0.5, 0.6) is 0 Å². The second kappa shape index (κ2) is 5.47. The SMILES string of the molecule is CC1CCCN(c2cc(F)c(C(=O)O)cc2N)CC1. The van der Waals surface area contributed by atoms with E-state index in [-0.39, 0.29) is 5.56 Å². The molecule has 2 rings (SSSR count). The molecule has 5 heteroatoms. The van der Waals surface area contributed by atoms with Gasteiger partial charge in [-0.25, -0.2) is 9.18 Å². The van der Waals surface area contributed by atoms with Gasteiger partial charge in [-0.15, -0.1) is 0 Å². The molecule has 104 valence electrons. The van der Waals surface area contributed by atoms with E-state index in [1.807, 2.05) is 4.90 Å². The van der Waals surface area contributed by atoms with Gasteiger partial charge in [0.05, 0.1) is 16.9 Å². The van der Waals surface area contributed by atoms with Crippen LogP contribution < -0.4 is 10.6 Å². The molecule has 1 heterocycles. The Bertz CT molecular complexity index is 491. The molecule has 3 N–H and O–H groups in total. The molecule has 1 saturated heterocycles. The number of nitrogens with two attached hydrogens (primary N) is 1. The van der Waals surface area contributed by atoms with Gasteiger partial charge in [0.2, 0.25) is 0 Å². The molecule has 0 amide bonds. The summed E-state index contributed by atoms with van der Waals surface area (Å²) < 4.78 is 13.8. The maximum absolute atomic E-state index is 13.8. The Balaban J connectivity index is 2.29. The van der Waals surface area contributed by atoms with Crippen LogP contribution in [0.4, 0.5) is 15.8 Å². The molecule has 0 spiro atoms. The lowest BCUT2D eigenvalue weighted by molar-refractivity contribution is 0.0692. The normalized spacial score (nSPS) is 20.1. The standard InChI is InChI=1S/C14H19FN2O2/c1-9-3-2-5-17(6-4-9)13-8-11(15)10(14(18)19)7-12(13)16/h7-9H,2-6,16H2,1H3,(H,18,19). The molecule has 19 heavy (non-hydrogen) atoms. The number of anilines is 2. The Morgan fingerprint density at radius 1 is 1.42 bits per heavy atom. The van der Waals surface area contributed by atoms with Crippen molar-refractivity contribution in [3.05, 3.63) is 23.5 Å². The number of benzene rings is 1. The molecular weight excluding hydrogens is 247 g/mol. The summed E-state index contributed by atoms with van der Waals surface area (Å²) in [5.74, 6) is -1.36. The van der Waals surface area contributed by atoms with Gasteiger partial charge in [-0.2, -0.15) is 0 Å². The number of carbonyl (C=O) groups is 1. The summed E-state index contributed by atoms with van der Waals surface area (Å²) in [6.07, 6.45) is 3.25. The largest absolute Gasteiger partial charge is 0.478 e. The molecule has 1 fully saturated rings. The number of nitrogens with zero attached hydrogens (tertiary/aromatic N) is 1. The Morgan fingerprint density at radius 3 is 2.84 bits per heavy atom. The third kappa shape index (κ3) is 2.97. The van der Waals surface area contributed by atoms with Crippen molar-refractivity contribution < 1.29 is 14.3 Å². The summed E-state index contributed by atoms with van der Waals surface area (Å²) in [5, 5.41) is 8.86. The molecule has 1 atom stereocenters. The topological polar surface area (TPSA) is 66.6 Å². The summed E-state index contributed by atoms with van der Waals surface area (Å²) in [5.41, 5.74) is 6.44. The number of aromatic carboxylic acids is 1. The van der Waals surface area contributed by atoms with Crippen LogP contribution in [-0.4, -0.2) is 24.2 Å². The third-order valence-electron chi connectivity index (χ3n) is 3.70. The quantitative estimate of drug-likeness (QED) is 0.808. The summed E-state index contributed by atoms with van der Waals surface area (Å²) in [4.78, 5) is 12.9. The zero-order valence-corrected chi connectivity index (χ0v) is 11.0. The molecule has 1 aromatic rings. The Kier molecular flexibility index (Phi) is 3.93. The van der Waals surface area contributed by atoms with Gasteiger partial charge in [-0.1, -0.05) is 6.92 Å². The minimum absolute atomic E-state index is 0.327. The van der Waals surface area contributed by atoms with Crippen LogP contribution in [0.1, 0.15) is 36.5 Å². The first-order valence-corrected chi connectivity index (χ1v) is 6.56. The number of hydrogen-bond acceptors (Lipinski definition) is 3. The van der Waals surface area contributed by atoms with E-state index in [0.29, 0.717) is 17.3 Å². The van der Waals surface area contributed by atoms with Gasteiger partial charge >= 0.3 is 5.97 Å². The predicted molar refractivity (Wildman–Crippen MR) is 73.0 cm³/mol. The Labute approximate surface area is 112 Å². The van der Waals surface area contributed by atoms with Crippen LogP contribution >= 0.6 is 0 Å². The van der Waals surface area contributed by atoms with Gasteiger partial charge in [0, 0.05) is 19.2 Å². The average Bonchev–Trinajstić information content (AvgIpc) is 2.56. The van der Waals surface area contributed by atoms with E-state index in [1.165, 1.54) is 12.1 Å². The number of nitrogen functional groups attached to an aromatic ring is 1. The van der Waals surface area contributed by atoms with Crippen molar-refractivity contribution in [2.75, 3.05) is 23.7 Å². The van der Waals surface area contributed by atoms with Crippen molar-refractivity contribution in [3.63, 3.8) is 0 Å². The number of carboxylic acids is 1. The maximum atomic E-state index is 13.8. The first-order chi connectivity index (χ1) is 8.99. The highest BCUT2D eigenvalue weighted by Gasteiger charge is 2.19. The smallest absolute Gasteiger partial charge is 0.338 e. The van der Waals surface area contributed by atoms with Crippen molar-refractivity contribution in [2.24, 2.45) is 5.92 Å². The third-order valence-corrected chi connectivity index (χ3v) is 3.70. The van der Waals surface area contributed by atoms with Gasteiger partial charge in [-0.3, -0.25) is 0 Å². The van der Waals surface area contributed by atoms with E-state index >= 15 is 0 Å². The van der Waals surface area contributed by atoms with Crippen molar-refractivity contribution in [1.82, 2.24) is 0 Å². The van der Waals surface area contributed by atoms with Gasteiger partial charge < -0.3 is 15.7 Å². The molecule has 0 saturated carbocycles. The van der Waals surface area contributed by atoms with Gasteiger partial charge in [-0.05, 0) is 31.2 Å². The number of hydrogen-bond donors (Lipinski definition) is 2. The van der Waals surface area contributed by atoms with Crippen molar-refractivity contribution in [3.8, 4) is 0 Å². The Morgan fingerprint density at radius 2 is 2.16 bits per heavy atom. The second-order valence-corrected chi connectivity index (χ2v) is 5.22. The van der Waals surface area contributed by atoms with E-state index in [1.54, 1.807) is 0 Å². The first kappa shape index (κ1) is 13.6. The van der Waals surface area contributed by atoms with Crippen LogP contribution in [0.3, 0.4) is 0 Å². The molecule has 0 bridgehead atoms. The van der Waals surface area contributed by atoms with Crippen molar-refractivity contribution in [2.45, 2.75) is 26.2 Å². The van der Waals surface area contributed by atoms with Gasteiger partial charge in [0.15, 0.2) is 0 Å². The number of carboxylic acid groups (broad SMARTS) is 1. The van der Waals surface area contributed by atoms with Crippen LogP contribution in [0.15, 0.2) is 12.1 Å². The Hall–Kier alpha value is -1.78. The average molecular weight is 266 g/mol. The molecule has 0 aliphatic carbocycles. The highest BCUT2D eigenvalue weighted by molar-refractivity contribution is 5.90. The molecule has 0 aromatic heterocycles. The number of rotatable bonds is 2. The van der Waals surface area contributed by atoms with Gasteiger partial charge in [0.25, 0.3) is 0 Å². The lowest BCUT2D eigenvalue weighted by Gasteiger charge is -2.24. The summed E-state index contributed by atoms with van der Waals surface area (Å²) >= 11 is 0. The van der Waals surface area contributed by atoms with Crippen molar-refractivity contribution >= 4 is 17.3 Å². The summed E-state index contributed by atoms with van der Waals surface area (Å²) in [7, 11) is 0. The zero-order valence-electron chi connectivity index (χ0n) is 11.0. The second-order valence-electron chi connectivity index (χ2n) is 5.22. The van der Waals surface area contributed by atoms with Crippen LogP contribution in [0.25, 0.3) is 0 Å². The lowest BCUT2D eigenvalue weighted by Crippen LogP contribution is -2.25. The molecule has 1 aliphatic rings. The van der Waals surface area contributed by atoms with E-state index in [2.05, 4.69) is 6.92 Å². The summed E-state index contributed by atoms with van der Waals surface area (Å²) in [6.45, 7) is 3.87. The van der Waals surface area contributed by atoms with Crippen LogP contribution in [-0.2, 0) is 0 Å². The fourth-order valence-electron chi connectivity index (χ4n) is 2.52. The molecule has 4 nitrogen and oxygen atoms in total. The molecule has 0 radical (unpaired) electrons. The van der Waals surface area contributed by atoms with E-state index < -0.39 is 11.8 Å². The zero-order chi connectivity index (χ0) is 14.0. The number of halogens is 1. The van der Waals surface area contributed by atoms with Crippen LogP contribution in [0.2, 0.25) is 0 Å². The lowest BCUT2D eigenvalue weighted by atomic mass is 10.0.